The first-order valence-corrected chi connectivity index (χ1v) is 7.01. The van der Waals surface area contributed by atoms with Crippen molar-refractivity contribution in [2.45, 2.75) is 38.6 Å². The Morgan fingerprint density at radius 3 is 2.58 bits per heavy atom. The van der Waals surface area contributed by atoms with Crippen LogP contribution in [0, 0.1) is 12.8 Å². The maximum absolute atomic E-state index is 12.1. The number of carbonyl (C=O) groups excluding carboxylic acids is 1. The van der Waals surface area contributed by atoms with Crippen LogP contribution >= 0.6 is 0 Å². The summed E-state index contributed by atoms with van der Waals surface area (Å²) in [4.78, 5) is 12.1. The lowest BCUT2D eigenvalue weighted by molar-refractivity contribution is -0.147. The van der Waals surface area contributed by atoms with Crippen LogP contribution in [0.25, 0.3) is 0 Å². The van der Waals surface area contributed by atoms with E-state index in [1.807, 2.05) is 0 Å². The number of hydrogen-bond acceptors (Lipinski definition) is 3. The van der Waals surface area contributed by atoms with Crippen LogP contribution in [0.2, 0.25) is 0 Å². The van der Waals surface area contributed by atoms with Gasteiger partial charge in [0, 0.05) is 6.04 Å². The summed E-state index contributed by atoms with van der Waals surface area (Å²) in [5.41, 5.74) is 2.44. The molecule has 1 fully saturated rings. The van der Waals surface area contributed by atoms with E-state index in [0.29, 0.717) is 0 Å². The highest BCUT2D eigenvalue weighted by molar-refractivity contribution is 5.74. The SMILES string of the molecule is COC(=O)C(C1CCCN1)C(C)c1ccc(C)cc1. The lowest BCUT2D eigenvalue weighted by atomic mass is 9.81. The van der Waals surface area contributed by atoms with Crippen molar-refractivity contribution < 1.29 is 9.53 Å². The molecule has 1 heterocycles. The summed E-state index contributed by atoms with van der Waals surface area (Å²) in [7, 11) is 1.48. The molecule has 0 radical (unpaired) electrons. The number of benzene rings is 1. The smallest absolute Gasteiger partial charge is 0.310 e. The molecular weight excluding hydrogens is 238 g/mol. The lowest BCUT2D eigenvalue weighted by Crippen LogP contribution is -2.39. The number of rotatable bonds is 4. The predicted octanol–water partition coefficient (Wildman–Crippen LogP) is 2.64. The molecule has 0 saturated carbocycles. The van der Waals surface area contributed by atoms with Crippen LogP contribution in [0.1, 0.15) is 36.8 Å². The molecule has 1 saturated heterocycles. The molecular formula is C16H23NO2. The highest BCUT2D eigenvalue weighted by Crippen LogP contribution is 2.31. The molecule has 1 aromatic carbocycles. The molecule has 19 heavy (non-hydrogen) atoms. The van der Waals surface area contributed by atoms with E-state index in [4.69, 9.17) is 4.74 Å². The van der Waals surface area contributed by atoms with Crippen LogP contribution in [0.15, 0.2) is 24.3 Å². The van der Waals surface area contributed by atoms with Crippen molar-refractivity contribution in [3.63, 3.8) is 0 Å². The monoisotopic (exact) mass is 261 g/mol. The summed E-state index contributed by atoms with van der Waals surface area (Å²) in [6, 6.07) is 8.67. The Morgan fingerprint density at radius 1 is 1.37 bits per heavy atom. The standard InChI is InChI=1S/C16H23NO2/c1-11-6-8-13(9-7-11)12(2)15(16(18)19-3)14-5-4-10-17-14/h6-9,12,14-15,17H,4-5,10H2,1-3H3. The fraction of sp³-hybridized carbons (Fsp3) is 0.562. The Morgan fingerprint density at radius 2 is 2.05 bits per heavy atom. The van der Waals surface area contributed by atoms with Gasteiger partial charge >= 0.3 is 5.97 Å². The van der Waals surface area contributed by atoms with E-state index in [1.165, 1.54) is 18.2 Å². The largest absolute Gasteiger partial charge is 0.469 e. The van der Waals surface area contributed by atoms with E-state index < -0.39 is 0 Å². The van der Waals surface area contributed by atoms with Crippen LogP contribution < -0.4 is 5.32 Å². The number of ether oxygens (including phenoxy) is 1. The van der Waals surface area contributed by atoms with Gasteiger partial charge in [-0.2, -0.15) is 0 Å². The van der Waals surface area contributed by atoms with Gasteiger partial charge in [-0.05, 0) is 37.8 Å². The van der Waals surface area contributed by atoms with Crippen LogP contribution in [0.5, 0.6) is 0 Å². The molecule has 0 bridgehead atoms. The van der Waals surface area contributed by atoms with Crippen molar-refractivity contribution >= 4 is 5.97 Å². The molecule has 0 amide bonds. The molecule has 2 rings (SSSR count). The Labute approximate surface area is 115 Å². The third-order valence-corrected chi connectivity index (χ3v) is 4.15. The normalized spacial score (nSPS) is 21.9. The molecule has 3 heteroatoms. The highest BCUT2D eigenvalue weighted by Gasteiger charge is 2.36. The lowest BCUT2D eigenvalue weighted by Gasteiger charge is -2.27. The maximum Gasteiger partial charge on any atom is 0.310 e. The number of carbonyl (C=O) groups is 1. The predicted molar refractivity (Wildman–Crippen MR) is 76.1 cm³/mol. The average molecular weight is 261 g/mol. The minimum atomic E-state index is -0.104. The summed E-state index contributed by atoms with van der Waals surface area (Å²) in [6.07, 6.45) is 2.19. The van der Waals surface area contributed by atoms with Crippen molar-refractivity contribution in [1.82, 2.24) is 5.32 Å². The van der Waals surface area contributed by atoms with Gasteiger partial charge in [-0.1, -0.05) is 36.8 Å². The summed E-state index contributed by atoms with van der Waals surface area (Å²) in [5, 5.41) is 3.43. The zero-order chi connectivity index (χ0) is 13.8. The average Bonchev–Trinajstić information content (AvgIpc) is 2.93. The summed E-state index contributed by atoms with van der Waals surface area (Å²) >= 11 is 0. The third kappa shape index (κ3) is 3.16. The van der Waals surface area contributed by atoms with Crippen LogP contribution in [-0.4, -0.2) is 25.7 Å². The van der Waals surface area contributed by atoms with Gasteiger partial charge in [-0.3, -0.25) is 4.79 Å². The van der Waals surface area contributed by atoms with Crippen molar-refractivity contribution in [2.75, 3.05) is 13.7 Å². The summed E-state index contributed by atoms with van der Waals surface area (Å²) < 4.78 is 5.01. The molecule has 0 aliphatic carbocycles. The molecule has 3 atom stereocenters. The maximum atomic E-state index is 12.1. The fourth-order valence-electron chi connectivity index (χ4n) is 2.95. The number of hydrogen-bond donors (Lipinski definition) is 1. The van der Waals surface area contributed by atoms with Crippen LogP contribution in [0.4, 0.5) is 0 Å². The number of esters is 1. The van der Waals surface area contributed by atoms with Gasteiger partial charge in [-0.25, -0.2) is 0 Å². The molecule has 3 unspecified atom stereocenters. The zero-order valence-corrected chi connectivity index (χ0v) is 12.0. The van der Waals surface area contributed by atoms with E-state index in [0.717, 1.165) is 19.4 Å². The fourth-order valence-corrected chi connectivity index (χ4v) is 2.95. The molecule has 1 aromatic rings. The number of nitrogens with one attached hydrogen (secondary N) is 1. The van der Waals surface area contributed by atoms with Gasteiger partial charge in [0.05, 0.1) is 13.0 Å². The van der Waals surface area contributed by atoms with Gasteiger partial charge in [0.2, 0.25) is 0 Å². The molecule has 1 aliphatic rings. The highest BCUT2D eigenvalue weighted by atomic mass is 16.5. The Balaban J connectivity index is 2.21. The van der Waals surface area contributed by atoms with E-state index >= 15 is 0 Å². The summed E-state index contributed by atoms with van der Waals surface area (Å²) in [6.45, 7) is 5.19. The first-order chi connectivity index (χ1) is 9.13. The van der Waals surface area contributed by atoms with Crippen LogP contribution in [0.3, 0.4) is 0 Å². The molecule has 104 valence electrons. The van der Waals surface area contributed by atoms with E-state index in [-0.39, 0.29) is 23.8 Å². The second-order valence-electron chi connectivity index (χ2n) is 5.45. The Hall–Kier alpha value is -1.35. The second kappa shape index (κ2) is 6.20. The van der Waals surface area contributed by atoms with Crippen molar-refractivity contribution in [1.29, 1.82) is 0 Å². The third-order valence-electron chi connectivity index (χ3n) is 4.15. The minimum absolute atomic E-state index is 0.102. The first kappa shape index (κ1) is 14.1. The summed E-state index contributed by atoms with van der Waals surface area (Å²) in [5.74, 6) is -0.0358. The Kier molecular flexibility index (Phi) is 4.59. The van der Waals surface area contributed by atoms with Gasteiger partial charge in [0.1, 0.15) is 0 Å². The van der Waals surface area contributed by atoms with Crippen LogP contribution in [-0.2, 0) is 9.53 Å². The molecule has 0 spiro atoms. The zero-order valence-electron chi connectivity index (χ0n) is 12.0. The molecule has 3 nitrogen and oxygen atoms in total. The quantitative estimate of drug-likeness (QED) is 0.847. The number of methoxy groups -OCH3 is 1. The van der Waals surface area contributed by atoms with E-state index in [1.54, 1.807) is 0 Å². The topological polar surface area (TPSA) is 38.3 Å². The Bertz CT molecular complexity index is 421. The van der Waals surface area contributed by atoms with Crippen molar-refractivity contribution in [3.8, 4) is 0 Å². The van der Waals surface area contributed by atoms with E-state index in [9.17, 15) is 4.79 Å². The number of aryl methyl sites for hydroxylation is 1. The van der Waals surface area contributed by atoms with Crippen molar-refractivity contribution in [3.05, 3.63) is 35.4 Å². The van der Waals surface area contributed by atoms with Gasteiger partial charge < -0.3 is 10.1 Å². The van der Waals surface area contributed by atoms with E-state index in [2.05, 4.69) is 43.4 Å². The molecule has 1 aliphatic heterocycles. The van der Waals surface area contributed by atoms with Gasteiger partial charge in [0.25, 0.3) is 0 Å². The molecule has 1 N–H and O–H groups in total. The van der Waals surface area contributed by atoms with Gasteiger partial charge in [-0.15, -0.1) is 0 Å². The van der Waals surface area contributed by atoms with Crippen molar-refractivity contribution in [2.24, 2.45) is 5.92 Å². The first-order valence-electron chi connectivity index (χ1n) is 7.01. The minimum Gasteiger partial charge on any atom is -0.469 e. The second-order valence-corrected chi connectivity index (χ2v) is 5.45. The molecule has 0 aromatic heterocycles. The van der Waals surface area contributed by atoms with Gasteiger partial charge in [0.15, 0.2) is 0 Å².